The molecule has 1 saturated heterocycles. The van der Waals surface area contributed by atoms with Crippen molar-refractivity contribution in [3.63, 3.8) is 0 Å². The molecule has 112 valence electrons. The third kappa shape index (κ3) is 2.90. The van der Waals surface area contributed by atoms with Crippen LogP contribution in [-0.4, -0.2) is 34.8 Å². The zero-order valence-electron chi connectivity index (χ0n) is 12.1. The van der Waals surface area contributed by atoms with Crippen LogP contribution in [0.1, 0.15) is 18.4 Å². The van der Waals surface area contributed by atoms with E-state index in [0.29, 0.717) is 24.2 Å². The molecule has 1 aliphatic rings. The van der Waals surface area contributed by atoms with E-state index in [1.165, 1.54) is 18.6 Å². The third-order valence-corrected chi connectivity index (χ3v) is 4.05. The number of nitrogens with zero attached hydrogens (tertiary/aromatic N) is 3. The van der Waals surface area contributed by atoms with Gasteiger partial charge in [-0.05, 0) is 56.0 Å². The molecule has 21 heavy (non-hydrogen) atoms. The number of aromatic amines is 1. The largest absolute Gasteiger partial charge is 0.339 e. The second-order valence-electron chi connectivity index (χ2n) is 5.63. The minimum absolute atomic E-state index is 0.238. The second-order valence-corrected chi connectivity index (χ2v) is 5.63. The van der Waals surface area contributed by atoms with Gasteiger partial charge in [-0.3, -0.25) is 5.10 Å². The Morgan fingerprint density at radius 2 is 2.33 bits per heavy atom. The molecule has 0 amide bonds. The molecule has 3 rings (SSSR count). The molecular formula is C15H20FN5. The van der Waals surface area contributed by atoms with E-state index in [1.54, 1.807) is 6.07 Å². The van der Waals surface area contributed by atoms with E-state index < -0.39 is 0 Å². The van der Waals surface area contributed by atoms with E-state index in [9.17, 15) is 4.39 Å². The van der Waals surface area contributed by atoms with E-state index in [1.807, 2.05) is 6.92 Å². The molecule has 1 aromatic heterocycles. The van der Waals surface area contributed by atoms with E-state index in [4.69, 9.17) is 5.73 Å². The van der Waals surface area contributed by atoms with Gasteiger partial charge >= 0.3 is 0 Å². The van der Waals surface area contributed by atoms with E-state index in [-0.39, 0.29) is 5.82 Å². The summed E-state index contributed by atoms with van der Waals surface area (Å²) in [5.41, 5.74) is 7.48. The monoisotopic (exact) mass is 289 g/mol. The molecule has 0 aliphatic carbocycles. The van der Waals surface area contributed by atoms with Gasteiger partial charge in [0.2, 0.25) is 5.95 Å². The summed E-state index contributed by atoms with van der Waals surface area (Å²) in [6, 6.07) is 4.67. The molecule has 6 heteroatoms. The summed E-state index contributed by atoms with van der Waals surface area (Å²) in [5, 5.41) is 7.26. The van der Waals surface area contributed by atoms with Crippen molar-refractivity contribution in [1.82, 2.24) is 15.2 Å². The number of halogens is 1. The van der Waals surface area contributed by atoms with E-state index in [2.05, 4.69) is 20.1 Å². The summed E-state index contributed by atoms with van der Waals surface area (Å²) >= 11 is 0. The predicted molar refractivity (Wildman–Crippen MR) is 80.5 cm³/mol. The van der Waals surface area contributed by atoms with Crippen molar-refractivity contribution in [1.29, 1.82) is 0 Å². The maximum absolute atomic E-state index is 13.2. The van der Waals surface area contributed by atoms with E-state index >= 15 is 0 Å². The lowest BCUT2D eigenvalue weighted by molar-refractivity contribution is 0.420. The van der Waals surface area contributed by atoms with Gasteiger partial charge in [0, 0.05) is 18.7 Å². The van der Waals surface area contributed by atoms with Crippen LogP contribution in [0.3, 0.4) is 0 Å². The molecule has 1 aliphatic heterocycles. The first-order valence-corrected chi connectivity index (χ1v) is 7.31. The molecular weight excluding hydrogens is 269 g/mol. The minimum Gasteiger partial charge on any atom is -0.339 e. The molecule has 1 fully saturated rings. The number of nitrogens with two attached hydrogens (primary N) is 1. The van der Waals surface area contributed by atoms with Crippen LogP contribution in [0.25, 0.3) is 11.4 Å². The number of hydrogen-bond acceptors (Lipinski definition) is 4. The van der Waals surface area contributed by atoms with Crippen molar-refractivity contribution in [3.05, 3.63) is 29.6 Å². The van der Waals surface area contributed by atoms with Gasteiger partial charge in [0.05, 0.1) is 0 Å². The van der Waals surface area contributed by atoms with Crippen molar-refractivity contribution >= 4 is 5.95 Å². The number of benzene rings is 1. The Balaban J connectivity index is 1.83. The van der Waals surface area contributed by atoms with Crippen LogP contribution in [0, 0.1) is 18.7 Å². The highest BCUT2D eigenvalue weighted by atomic mass is 19.1. The van der Waals surface area contributed by atoms with Gasteiger partial charge < -0.3 is 10.6 Å². The Morgan fingerprint density at radius 1 is 1.48 bits per heavy atom. The predicted octanol–water partition coefficient (Wildman–Crippen LogP) is 2.09. The van der Waals surface area contributed by atoms with Gasteiger partial charge in [-0.2, -0.15) is 4.98 Å². The summed E-state index contributed by atoms with van der Waals surface area (Å²) in [4.78, 5) is 6.73. The highest BCUT2D eigenvalue weighted by Crippen LogP contribution is 2.24. The van der Waals surface area contributed by atoms with Crippen LogP contribution >= 0.6 is 0 Å². The Kier molecular flexibility index (Phi) is 3.88. The van der Waals surface area contributed by atoms with Crippen LogP contribution in [0.15, 0.2) is 18.2 Å². The highest BCUT2D eigenvalue weighted by molar-refractivity contribution is 5.60. The number of hydrogen-bond donors (Lipinski definition) is 2. The first-order chi connectivity index (χ1) is 10.2. The molecule has 3 N–H and O–H groups in total. The van der Waals surface area contributed by atoms with Crippen LogP contribution < -0.4 is 10.6 Å². The fraction of sp³-hybridized carbons (Fsp3) is 0.467. The lowest BCUT2D eigenvalue weighted by atomic mass is 9.99. The molecule has 2 aromatic rings. The van der Waals surface area contributed by atoms with Gasteiger partial charge in [-0.1, -0.05) is 0 Å². The number of aromatic nitrogens is 3. The topological polar surface area (TPSA) is 70.8 Å². The molecule has 5 nitrogen and oxygen atoms in total. The van der Waals surface area contributed by atoms with Gasteiger partial charge in [0.15, 0.2) is 5.82 Å². The van der Waals surface area contributed by atoms with Gasteiger partial charge in [-0.15, -0.1) is 5.10 Å². The SMILES string of the molecule is Cc1cc(F)ccc1-c1nc(N2CCCC(CN)C2)n[nH]1. The molecule has 0 radical (unpaired) electrons. The smallest absolute Gasteiger partial charge is 0.245 e. The van der Waals surface area contributed by atoms with E-state index in [0.717, 1.165) is 30.6 Å². The molecule has 0 bridgehead atoms. The van der Waals surface area contributed by atoms with Gasteiger partial charge in [-0.25, -0.2) is 4.39 Å². The Morgan fingerprint density at radius 3 is 3.10 bits per heavy atom. The first kappa shape index (κ1) is 14.0. The summed E-state index contributed by atoms with van der Waals surface area (Å²) in [6.07, 6.45) is 2.28. The van der Waals surface area contributed by atoms with Crippen molar-refractivity contribution in [3.8, 4) is 11.4 Å². The number of nitrogens with one attached hydrogen (secondary N) is 1. The quantitative estimate of drug-likeness (QED) is 0.907. The maximum Gasteiger partial charge on any atom is 0.245 e. The zero-order valence-corrected chi connectivity index (χ0v) is 12.1. The number of anilines is 1. The number of piperidine rings is 1. The fourth-order valence-corrected chi connectivity index (χ4v) is 2.85. The zero-order chi connectivity index (χ0) is 14.8. The molecule has 1 atom stereocenters. The van der Waals surface area contributed by atoms with Crippen molar-refractivity contribution in [2.24, 2.45) is 11.7 Å². The summed E-state index contributed by atoms with van der Waals surface area (Å²) < 4.78 is 13.2. The van der Waals surface area contributed by atoms with Crippen molar-refractivity contribution in [2.75, 3.05) is 24.5 Å². The minimum atomic E-state index is -0.238. The van der Waals surface area contributed by atoms with Crippen molar-refractivity contribution < 1.29 is 4.39 Å². The standard InChI is InChI=1S/C15H20FN5/c1-10-7-12(16)4-5-13(10)14-18-15(20-19-14)21-6-2-3-11(8-17)9-21/h4-5,7,11H,2-3,6,8-9,17H2,1H3,(H,18,19,20). The lowest BCUT2D eigenvalue weighted by Crippen LogP contribution is -2.38. The first-order valence-electron chi connectivity index (χ1n) is 7.31. The van der Waals surface area contributed by atoms with Gasteiger partial charge in [0.25, 0.3) is 0 Å². The summed E-state index contributed by atoms with van der Waals surface area (Å²) in [5.74, 6) is 1.65. The normalized spacial score (nSPS) is 19.0. The maximum atomic E-state index is 13.2. The van der Waals surface area contributed by atoms with Gasteiger partial charge in [0.1, 0.15) is 5.82 Å². The van der Waals surface area contributed by atoms with Crippen LogP contribution in [0.5, 0.6) is 0 Å². The van der Waals surface area contributed by atoms with Crippen LogP contribution in [0.4, 0.5) is 10.3 Å². The summed E-state index contributed by atoms with van der Waals surface area (Å²) in [6.45, 7) is 4.42. The van der Waals surface area contributed by atoms with Crippen LogP contribution in [0.2, 0.25) is 0 Å². The number of aryl methyl sites for hydroxylation is 1. The Bertz CT molecular complexity index is 624. The number of rotatable bonds is 3. The third-order valence-electron chi connectivity index (χ3n) is 4.05. The lowest BCUT2D eigenvalue weighted by Gasteiger charge is -2.31. The van der Waals surface area contributed by atoms with Crippen LogP contribution in [-0.2, 0) is 0 Å². The molecule has 1 unspecified atom stereocenters. The second kappa shape index (κ2) is 5.81. The average molecular weight is 289 g/mol. The molecule has 1 aromatic carbocycles. The Labute approximate surface area is 123 Å². The highest BCUT2D eigenvalue weighted by Gasteiger charge is 2.22. The molecule has 0 spiro atoms. The fourth-order valence-electron chi connectivity index (χ4n) is 2.85. The average Bonchev–Trinajstić information content (AvgIpc) is 2.97. The summed E-state index contributed by atoms with van der Waals surface area (Å²) in [7, 11) is 0. The number of H-pyrrole nitrogens is 1. The molecule has 0 saturated carbocycles. The van der Waals surface area contributed by atoms with Crippen molar-refractivity contribution in [2.45, 2.75) is 19.8 Å². The Hall–Kier alpha value is -1.95. The molecule has 2 heterocycles.